The van der Waals surface area contributed by atoms with Gasteiger partial charge in [-0.3, -0.25) is 0 Å². The third kappa shape index (κ3) is 7.92. The van der Waals surface area contributed by atoms with Crippen LogP contribution < -0.4 is 11.6 Å². The van der Waals surface area contributed by atoms with Gasteiger partial charge in [-0.15, -0.1) is 0 Å². The van der Waals surface area contributed by atoms with Crippen LogP contribution in [-0.2, 0) is 0 Å². The van der Waals surface area contributed by atoms with Gasteiger partial charge in [0, 0.05) is 18.4 Å². The lowest BCUT2D eigenvalue weighted by atomic mass is 9.90. The predicted molar refractivity (Wildman–Crippen MR) is 62.1 cm³/mol. The summed E-state index contributed by atoms with van der Waals surface area (Å²) in [7, 11) is 0. The molecule has 14 heavy (non-hydrogen) atoms. The summed E-state index contributed by atoms with van der Waals surface area (Å²) in [6.07, 6.45) is 4.89. The van der Waals surface area contributed by atoms with Crippen LogP contribution in [0, 0.1) is 5.41 Å². The fourth-order valence-electron chi connectivity index (χ4n) is 1.12. The Balaban J connectivity index is 3.88. The minimum Gasteiger partial charge on any atom is -0.401 e. The highest BCUT2D eigenvalue weighted by Crippen LogP contribution is 2.21. The van der Waals surface area contributed by atoms with E-state index in [1.165, 1.54) is 0 Å². The Bertz CT molecular complexity index is 179. The molecule has 0 aromatic heterocycles. The molecule has 4 N–H and O–H groups in total. The third-order valence-corrected chi connectivity index (χ3v) is 1.98. The van der Waals surface area contributed by atoms with Crippen molar-refractivity contribution in [1.29, 1.82) is 0 Å². The number of nitrogens with zero attached hydrogens (tertiary/aromatic N) is 1. The van der Waals surface area contributed by atoms with Gasteiger partial charge in [0.05, 0.1) is 0 Å². The first-order chi connectivity index (χ1) is 6.35. The number of nitrogens with two attached hydrogens (primary N) is 2. The van der Waals surface area contributed by atoms with Crippen LogP contribution in [0.5, 0.6) is 0 Å². The van der Waals surface area contributed by atoms with Gasteiger partial charge in [0.2, 0.25) is 0 Å². The zero-order valence-corrected chi connectivity index (χ0v) is 10.0. The Morgan fingerprint density at radius 1 is 1.36 bits per heavy atom. The van der Waals surface area contributed by atoms with Gasteiger partial charge in [-0.25, -0.2) is 5.84 Å². The fraction of sp³-hybridized carbons (Fsp3) is 0.818. The SMILES string of the molecule is CCCN(N)/C=C(\N)CCC(C)(C)C. The molecule has 0 aliphatic rings. The summed E-state index contributed by atoms with van der Waals surface area (Å²) in [5, 5.41) is 1.66. The summed E-state index contributed by atoms with van der Waals surface area (Å²) in [4.78, 5) is 0. The molecule has 0 rings (SSSR count). The summed E-state index contributed by atoms with van der Waals surface area (Å²) in [5.74, 6) is 5.70. The van der Waals surface area contributed by atoms with Crippen molar-refractivity contribution >= 4 is 0 Å². The molecule has 0 unspecified atom stereocenters. The molecule has 84 valence electrons. The topological polar surface area (TPSA) is 55.3 Å². The van der Waals surface area contributed by atoms with Crippen LogP contribution in [0.15, 0.2) is 11.9 Å². The molecular weight excluding hydrogens is 174 g/mol. The molecule has 0 bridgehead atoms. The van der Waals surface area contributed by atoms with Gasteiger partial charge < -0.3 is 10.7 Å². The van der Waals surface area contributed by atoms with E-state index in [1.807, 2.05) is 6.20 Å². The van der Waals surface area contributed by atoms with Crippen molar-refractivity contribution in [2.24, 2.45) is 17.0 Å². The number of rotatable bonds is 5. The van der Waals surface area contributed by atoms with E-state index in [1.54, 1.807) is 5.01 Å². The molecule has 0 radical (unpaired) electrons. The lowest BCUT2D eigenvalue weighted by Crippen LogP contribution is -2.27. The molecule has 0 aliphatic carbocycles. The Morgan fingerprint density at radius 2 is 1.93 bits per heavy atom. The van der Waals surface area contributed by atoms with Crippen LogP contribution >= 0.6 is 0 Å². The largest absolute Gasteiger partial charge is 0.401 e. The number of hydrogen-bond acceptors (Lipinski definition) is 3. The van der Waals surface area contributed by atoms with E-state index in [9.17, 15) is 0 Å². The van der Waals surface area contributed by atoms with Gasteiger partial charge >= 0.3 is 0 Å². The molecule has 0 aliphatic heterocycles. The van der Waals surface area contributed by atoms with Gasteiger partial charge in [-0.2, -0.15) is 0 Å². The molecule has 0 spiro atoms. The minimum absolute atomic E-state index is 0.336. The molecule has 0 heterocycles. The average Bonchev–Trinajstić information content (AvgIpc) is 2.00. The molecule has 0 aromatic rings. The van der Waals surface area contributed by atoms with E-state index in [0.717, 1.165) is 31.5 Å². The Hall–Kier alpha value is -0.700. The van der Waals surface area contributed by atoms with Crippen molar-refractivity contribution in [1.82, 2.24) is 5.01 Å². The Morgan fingerprint density at radius 3 is 2.36 bits per heavy atom. The first kappa shape index (κ1) is 13.3. The van der Waals surface area contributed by atoms with Crippen molar-refractivity contribution in [3.8, 4) is 0 Å². The first-order valence-corrected chi connectivity index (χ1v) is 5.32. The molecule has 3 heteroatoms. The molecule has 0 fully saturated rings. The molecule has 3 nitrogen and oxygen atoms in total. The second-order valence-electron chi connectivity index (χ2n) is 5.00. The molecule has 0 atom stereocenters. The highest BCUT2D eigenvalue weighted by Gasteiger charge is 2.09. The third-order valence-electron chi connectivity index (χ3n) is 1.98. The van der Waals surface area contributed by atoms with E-state index in [4.69, 9.17) is 11.6 Å². The molecule has 0 aromatic carbocycles. The van der Waals surface area contributed by atoms with Crippen LogP contribution in [0.4, 0.5) is 0 Å². The zero-order chi connectivity index (χ0) is 11.2. The highest BCUT2D eigenvalue weighted by molar-refractivity contribution is 4.95. The second-order valence-corrected chi connectivity index (χ2v) is 5.00. The number of hydrogen-bond donors (Lipinski definition) is 2. The van der Waals surface area contributed by atoms with Gasteiger partial charge in [-0.1, -0.05) is 27.7 Å². The van der Waals surface area contributed by atoms with Gasteiger partial charge in [0.25, 0.3) is 0 Å². The van der Waals surface area contributed by atoms with Crippen molar-refractivity contribution < 1.29 is 0 Å². The number of hydrazine groups is 1. The van der Waals surface area contributed by atoms with Crippen molar-refractivity contribution in [3.05, 3.63) is 11.9 Å². The molecule has 0 amide bonds. The van der Waals surface area contributed by atoms with E-state index in [-0.39, 0.29) is 0 Å². The van der Waals surface area contributed by atoms with Crippen molar-refractivity contribution in [2.75, 3.05) is 6.54 Å². The van der Waals surface area contributed by atoms with Gasteiger partial charge in [0.1, 0.15) is 0 Å². The Kier molecular flexibility index (Phi) is 5.62. The first-order valence-electron chi connectivity index (χ1n) is 5.32. The van der Waals surface area contributed by atoms with Crippen LogP contribution in [-0.4, -0.2) is 11.6 Å². The summed E-state index contributed by atoms with van der Waals surface area (Å²) in [6.45, 7) is 9.60. The van der Waals surface area contributed by atoms with Crippen LogP contribution in [0.1, 0.15) is 47.0 Å². The van der Waals surface area contributed by atoms with E-state index in [0.29, 0.717) is 5.41 Å². The van der Waals surface area contributed by atoms with E-state index in [2.05, 4.69) is 27.7 Å². The van der Waals surface area contributed by atoms with Crippen LogP contribution in [0.3, 0.4) is 0 Å². The highest BCUT2D eigenvalue weighted by atomic mass is 15.4. The maximum atomic E-state index is 5.85. The summed E-state index contributed by atoms with van der Waals surface area (Å²) in [6, 6.07) is 0. The van der Waals surface area contributed by atoms with E-state index >= 15 is 0 Å². The fourth-order valence-corrected chi connectivity index (χ4v) is 1.12. The summed E-state index contributed by atoms with van der Waals surface area (Å²) < 4.78 is 0. The quantitative estimate of drug-likeness (QED) is 0.527. The van der Waals surface area contributed by atoms with Crippen molar-refractivity contribution in [2.45, 2.75) is 47.0 Å². The standard InChI is InChI=1S/C11H25N3/c1-5-8-14(13)9-10(12)6-7-11(2,3)4/h9H,5-8,12-13H2,1-4H3/b10-9-. The zero-order valence-electron chi connectivity index (χ0n) is 10.0. The average molecular weight is 199 g/mol. The predicted octanol–water partition coefficient (Wildman–Crippen LogP) is 2.20. The smallest absolute Gasteiger partial charge is 0.0342 e. The molecule has 0 saturated carbocycles. The maximum absolute atomic E-state index is 5.85. The monoisotopic (exact) mass is 199 g/mol. The minimum atomic E-state index is 0.336. The summed E-state index contributed by atoms with van der Waals surface area (Å²) >= 11 is 0. The van der Waals surface area contributed by atoms with Crippen LogP contribution in [0.25, 0.3) is 0 Å². The number of allylic oxidation sites excluding steroid dienone is 1. The van der Waals surface area contributed by atoms with Crippen molar-refractivity contribution in [3.63, 3.8) is 0 Å². The lowest BCUT2D eigenvalue weighted by Gasteiger charge is -2.19. The summed E-state index contributed by atoms with van der Waals surface area (Å²) in [5.41, 5.74) is 7.06. The lowest BCUT2D eigenvalue weighted by molar-refractivity contribution is 0.365. The van der Waals surface area contributed by atoms with E-state index < -0.39 is 0 Å². The molecule has 0 saturated heterocycles. The molecular formula is C11H25N3. The van der Waals surface area contributed by atoms with Gasteiger partial charge in [-0.05, 0) is 24.7 Å². The maximum Gasteiger partial charge on any atom is 0.0342 e. The normalized spacial score (nSPS) is 13.1. The van der Waals surface area contributed by atoms with Gasteiger partial charge in [0.15, 0.2) is 0 Å². The second kappa shape index (κ2) is 5.91. The van der Waals surface area contributed by atoms with Crippen LogP contribution in [0.2, 0.25) is 0 Å². The Labute approximate surface area is 88.1 Å².